The Balaban J connectivity index is 4.12. The van der Waals surface area contributed by atoms with Gasteiger partial charge in [-0.05, 0) is 12.8 Å². The lowest BCUT2D eigenvalue weighted by molar-refractivity contribution is -0.140. The minimum Gasteiger partial charge on any atom is -0.361 e. The number of hydrogen-bond acceptors (Lipinski definition) is 5. The summed E-state index contributed by atoms with van der Waals surface area (Å²) >= 11 is 0. The lowest BCUT2D eigenvalue weighted by atomic mass is 10.4. The van der Waals surface area contributed by atoms with Crippen molar-refractivity contribution in [1.29, 1.82) is 0 Å². The van der Waals surface area contributed by atoms with Crippen LogP contribution >= 0.6 is 7.82 Å². The van der Waals surface area contributed by atoms with E-state index in [1.807, 2.05) is 0 Å². The maximum Gasteiger partial charge on any atom is 0.589 e. The normalized spacial score (nSPS) is 10.9. The summed E-state index contributed by atoms with van der Waals surface area (Å²) in [4.78, 5) is 30.7. The van der Waals surface area contributed by atoms with Crippen LogP contribution in [-0.4, -0.2) is 16.8 Å². The van der Waals surface area contributed by atoms with Gasteiger partial charge in [0.05, 0.1) is 0 Å². The zero-order valence-corrected chi connectivity index (χ0v) is 9.66. The Bertz CT molecular complexity index is 250. The first-order valence-corrected chi connectivity index (χ1v) is 6.18. The van der Waals surface area contributed by atoms with E-state index in [4.69, 9.17) is 4.89 Å². The molecule has 1 N–H and O–H groups in total. The van der Waals surface area contributed by atoms with Crippen LogP contribution in [-0.2, 0) is 23.2 Å². The predicted octanol–water partition coefficient (Wildman–Crippen LogP) is 1.77. The molecule has 0 amide bonds. The Morgan fingerprint density at radius 1 is 1.07 bits per heavy atom. The number of rotatable bonds is 6. The molecule has 0 aromatic rings. The largest absolute Gasteiger partial charge is 0.589 e. The summed E-state index contributed by atoms with van der Waals surface area (Å²) in [5.41, 5.74) is 0. The van der Waals surface area contributed by atoms with Crippen LogP contribution in [0.4, 0.5) is 0 Å². The lowest BCUT2D eigenvalue weighted by Crippen LogP contribution is -2.08. The molecule has 0 aromatic carbocycles. The smallest absolute Gasteiger partial charge is 0.361 e. The van der Waals surface area contributed by atoms with Crippen molar-refractivity contribution in [3.8, 4) is 0 Å². The quantitative estimate of drug-likeness (QED) is 0.709. The first-order valence-electron chi connectivity index (χ1n) is 4.69. The molecule has 15 heavy (non-hydrogen) atoms. The molecular formula is C8H15O6P. The average molecular weight is 238 g/mol. The molecule has 0 saturated heterocycles. The maximum atomic E-state index is 11.1. The van der Waals surface area contributed by atoms with Crippen molar-refractivity contribution in [2.75, 3.05) is 0 Å². The second-order valence-corrected chi connectivity index (χ2v) is 4.20. The third-order valence-electron chi connectivity index (χ3n) is 1.34. The van der Waals surface area contributed by atoms with E-state index in [9.17, 15) is 14.2 Å². The van der Waals surface area contributed by atoms with Gasteiger partial charge in [0.1, 0.15) is 0 Å². The standard InChI is InChI=1S/C8H15O6P/c1-3-5-7(9)13-15(11,12)14-8(10)6-4-2/h3-6H2,1-2H3,(H,11,12). The summed E-state index contributed by atoms with van der Waals surface area (Å²) in [6, 6.07) is 0. The van der Waals surface area contributed by atoms with E-state index in [0.717, 1.165) is 0 Å². The molecule has 0 unspecified atom stereocenters. The molecule has 0 heterocycles. The van der Waals surface area contributed by atoms with Crippen molar-refractivity contribution in [2.45, 2.75) is 39.5 Å². The Labute approximate surface area is 88.2 Å². The monoisotopic (exact) mass is 238 g/mol. The van der Waals surface area contributed by atoms with Gasteiger partial charge in [-0.25, -0.2) is 4.57 Å². The molecule has 0 saturated carbocycles. The second-order valence-electron chi connectivity index (χ2n) is 2.90. The van der Waals surface area contributed by atoms with E-state index in [0.29, 0.717) is 12.8 Å². The number of carbonyl (C=O) groups excluding carboxylic acids is 2. The molecule has 6 nitrogen and oxygen atoms in total. The Morgan fingerprint density at radius 2 is 1.40 bits per heavy atom. The van der Waals surface area contributed by atoms with E-state index in [-0.39, 0.29) is 12.8 Å². The molecular weight excluding hydrogens is 223 g/mol. The van der Waals surface area contributed by atoms with Gasteiger partial charge in [0.25, 0.3) is 0 Å². The Kier molecular flexibility index (Phi) is 6.20. The molecule has 0 atom stereocenters. The van der Waals surface area contributed by atoms with Crippen LogP contribution < -0.4 is 0 Å². The van der Waals surface area contributed by atoms with Gasteiger partial charge in [0.2, 0.25) is 0 Å². The summed E-state index contributed by atoms with van der Waals surface area (Å²) in [7, 11) is -4.56. The van der Waals surface area contributed by atoms with Crippen molar-refractivity contribution in [3.05, 3.63) is 0 Å². The van der Waals surface area contributed by atoms with Gasteiger partial charge in [-0.3, -0.25) is 14.5 Å². The van der Waals surface area contributed by atoms with Gasteiger partial charge in [-0.2, -0.15) is 0 Å². The van der Waals surface area contributed by atoms with Crippen LogP contribution in [0, 0.1) is 0 Å². The fourth-order valence-electron chi connectivity index (χ4n) is 0.776. The zero-order valence-electron chi connectivity index (χ0n) is 8.76. The van der Waals surface area contributed by atoms with Crippen molar-refractivity contribution in [1.82, 2.24) is 0 Å². The summed E-state index contributed by atoms with van der Waals surface area (Å²) in [6.45, 7) is 3.43. The SMILES string of the molecule is CCCC(=O)OP(=O)(O)OC(=O)CCC. The van der Waals surface area contributed by atoms with E-state index in [2.05, 4.69) is 9.05 Å². The van der Waals surface area contributed by atoms with E-state index >= 15 is 0 Å². The maximum absolute atomic E-state index is 11.1. The first-order chi connectivity index (χ1) is 6.91. The first kappa shape index (κ1) is 14.1. The minimum atomic E-state index is -4.56. The van der Waals surface area contributed by atoms with Crippen LogP contribution in [0.1, 0.15) is 39.5 Å². The third kappa shape index (κ3) is 7.11. The third-order valence-corrected chi connectivity index (χ3v) is 2.21. The average Bonchev–Trinajstić information content (AvgIpc) is 2.01. The fraction of sp³-hybridized carbons (Fsp3) is 0.750. The highest BCUT2D eigenvalue weighted by molar-refractivity contribution is 7.48. The van der Waals surface area contributed by atoms with Crippen LogP contribution in [0.5, 0.6) is 0 Å². The van der Waals surface area contributed by atoms with Crippen LogP contribution in [0.25, 0.3) is 0 Å². The number of phosphoric acid groups is 1. The van der Waals surface area contributed by atoms with Gasteiger partial charge in [0.15, 0.2) is 0 Å². The second kappa shape index (κ2) is 6.58. The summed E-state index contributed by atoms with van der Waals surface area (Å²) in [6.07, 6.45) is 0.995. The number of carbonyl (C=O) groups is 2. The van der Waals surface area contributed by atoms with Crippen LogP contribution in [0.15, 0.2) is 0 Å². The molecule has 0 aliphatic carbocycles. The van der Waals surface area contributed by atoms with Crippen molar-refractivity contribution in [3.63, 3.8) is 0 Å². The van der Waals surface area contributed by atoms with Crippen LogP contribution in [0.2, 0.25) is 0 Å². The molecule has 0 bridgehead atoms. The Morgan fingerprint density at radius 3 is 1.67 bits per heavy atom. The highest BCUT2D eigenvalue weighted by atomic mass is 31.2. The molecule has 7 heteroatoms. The number of hydrogen-bond donors (Lipinski definition) is 1. The number of phosphoric ester groups is 1. The van der Waals surface area contributed by atoms with Crippen molar-refractivity contribution >= 4 is 19.8 Å². The topological polar surface area (TPSA) is 89.9 Å². The van der Waals surface area contributed by atoms with Gasteiger partial charge in [-0.1, -0.05) is 13.8 Å². The van der Waals surface area contributed by atoms with E-state index in [1.54, 1.807) is 13.8 Å². The molecule has 0 fully saturated rings. The Hall–Kier alpha value is -0.870. The van der Waals surface area contributed by atoms with Crippen molar-refractivity contribution < 1.29 is 28.1 Å². The van der Waals surface area contributed by atoms with Gasteiger partial charge < -0.3 is 9.05 Å². The van der Waals surface area contributed by atoms with Gasteiger partial charge >= 0.3 is 19.8 Å². The van der Waals surface area contributed by atoms with Crippen LogP contribution in [0.3, 0.4) is 0 Å². The molecule has 0 aliphatic rings. The molecule has 0 aromatic heterocycles. The summed E-state index contributed by atoms with van der Waals surface area (Å²) < 4.78 is 19.3. The highest BCUT2D eigenvalue weighted by Gasteiger charge is 2.29. The molecule has 0 aliphatic heterocycles. The zero-order chi connectivity index (χ0) is 11.9. The predicted molar refractivity (Wildman–Crippen MR) is 51.8 cm³/mol. The van der Waals surface area contributed by atoms with E-state index < -0.39 is 19.8 Å². The summed E-state index contributed by atoms with van der Waals surface area (Å²) in [5, 5.41) is 0. The van der Waals surface area contributed by atoms with E-state index in [1.165, 1.54) is 0 Å². The molecule has 0 spiro atoms. The summed E-state index contributed by atoms with van der Waals surface area (Å²) in [5.74, 6) is -1.71. The lowest BCUT2D eigenvalue weighted by Gasteiger charge is -2.10. The highest BCUT2D eigenvalue weighted by Crippen LogP contribution is 2.44. The molecule has 0 radical (unpaired) electrons. The van der Waals surface area contributed by atoms with Gasteiger partial charge in [-0.15, -0.1) is 0 Å². The van der Waals surface area contributed by atoms with Gasteiger partial charge in [0, 0.05) is 12.8 Å². The molecule has 0 rings (SSSR count). The minimum absolute atomic E-state index is 0.00980. The molecule has 88 valence electrons. The van der Waals surface area contributed by atoms with Crippen molar-refractivity contribution in [2.24, 2.45) is 0 Å². The fourth-order valence-corrected chi connectivity index (χ4v) is 1.51.